The van der Waals surface area contributed by atoms with Crippen molar-refractivity contribution in [2.45, 2.75) is 19.4 Å². The third kappa shape index (κ3) is 2.48. The van der Waals surface area contributed by atoms with Gasteiger partial charge in [-0.05, 0) is 12.5 Å². The number of nitrogens with two attached hydrogens (primary N) is 1. The molecule has 0 saturated carbocycles. The summed E-state index contributed by atoms with van der Waals surface area (Å²) in [6.45, 7) is 2.17. The number of amides is 1. The summed E-state index contributed by atoms with van der Waals surface area (Å²) in [4.78, 5) is 11.9. The maximum Gasteiger partial charge on any atom is 0.253 e. The van der Waals surface area contributed by atoms with Crippen molar-refractivity contribution < 1.29 is 19.4 Å². The molecule has 18 heavy (non-hydrogen) atoms. The van der Waals surface area contributed by atoms with Crippen LogP contribution in [-0.4, -0.2) is 30.5 Å². The first kappa shape index (κ1) is 12.5. The number of benzene rings is 1. The molecule has 0 aliphatic carbocycles. The van der Waals surface area contributed by atoms with E-state index >= 15 is 0 Å². The fourth-order valence-corrected chi connectivity index (χ4v) is 1.60. The molecule has 0 spiro atoms. The number of anilines is 1. The zero-order chi connectivity index (χ0) is 13.1. The van der Waals surface area contributed by atoms with Crippen LogP contribution < -0.4 is 20.5 Å². The number of aliphatic hydroxyl groups is 1. The number of hydrogen-bond acceptors (Lipinski definition) is 5. The van der Waals surface area contributed by atoms with Gasteiger partial charge in [0, 0.05) is 18.3 Å². The van der Waals surface area contributed by atoms with Gasteiger partial charge in [0.2, 0.25) is 6.79 Å². The van der Waals surface area contributed by atoms with Crippen molar-refractivity contribution in [2.24, 2.45) is 0 Å². The quantitative estimate of drug-likeness (QED) is 0.678. The maximum atomic E-state index is 11.9. The third-order valence-corrected chi connectivity index (χ3v) is 2.76. The Hall–Kier alpha value is -1.95. The Labute approximate surface area is 105 Å². The third-order valence-electron chi connectivity index (χ3n) is 2.76. The van der Waals surface area contributed by atoms with Gasteiger partial charge < -0.3 is 25.6 Å². The summed E-state index contributed by atoms with van der Waals surface area (Å²) in [5, 5.41) is 12.0. The van der Waals surface area contributed by atoms with Gasteiger partial charge in [0.15, 0.2) is 11.5 Å². The van der Waals surface area contributed by atoms with Gasteiger partial charge in [-0.1, -0.05) is 6.92 Å². The van der Waals surface area contributed by atoms with Crippen LogP contribution in [0.5, 0.6) is 11.5 Å². The number of hydrogen-bond donors (Lipinski definition) is 3. The van der Waals surface area contributed by atoms with Crippen LogP contribution in [0.25, 0.3) is 0 Å². The first-order valence-corrected chi connectivity index (χ1v) is 5.77. The number of ether oxygens (including phenoxy) is 2. The second-order valence-electron chi connectivity index (χ2n) is 4.06. The highest BCUT2D eigenvalue weighted by Gasteiger charge is 2.19. The van der Waals surface area contributed by atoms with Crippen LogP contribution in [-0.2, 0) is 0 Å². The van der Waals surface area contributed by atoms with Crippen molar-refractivity contribution in [3.63, 3.8) is 0 Å². The molecule has 4 N–H and O–H groups in total. The van der Waals surface area contributed by atoms with E-state index in [1.54, 1.807) is 12.1 Å². The lowest BCUT2D eigenvalue weighted by Crippen LogP contribution is -2.32. The lowest BCUT2D eigenvalue weighted by atomic mass is 10.1. The lowest BCUT2D eigenvalue weighted by molar-refractivity contribution is 0.0914. The molecule has 2 rings (SSSR count). The molecule has 1 aromatic rings. The molecule has 6 heteroatoms. The Morgan fingerprint density at radius 1 is 1.50 bits per heavy atom. The van der Waals surface area contributed by atoms with Crippen LogP contribution in [0.1, 0.15) is 23.7 Å². The standard InChI is InChI=1S/C12H16N2O4/c1-2-7(15)5-14-12(16)8-3-10-11(4-9(8)13)18-6-17-10/h3-4,7,15H,2,5-6,13H2,1H3,(H,14,16). The molecular formula is C12H16N2O4. The fourth-order valence-electron chi connectivity index (χ4n) is 1.60. The summed E-state index contributed by atoms with van der Waals surface area (Å²) < 4.78 is 10.3. The highest BCUT2D eigenvalue weighted by Crippen LogP contribution is 2.35. The zero-order valence-electron chi connectivity index (χ0n) is 10.1. The van der Waals surface area contributed by atoms with E-state index in [4.69, 9.17) is 15.2 Å². The highest BCUT2D eigenvalue weighted by molar-refractivity contribution is 6.00. The lowest BCUT2D eigenvalue weighted by Gasteiger charge is -2.11. The number of fused-ring (bicyclic) bond motifs is 1. The topological polar surface area (TPSA) is 93.8 Å². The van der Waals surface area contributed by atoms with Gasteiger partial charge in [-0.25, -0.2) is 0 Å². The van der Waals surface area contributed by atoms with E-state index in [-0.39, 0.29) is 19.2 Å². The molecule has 0 radical (unpaired) electrons. The fraction of sp³-hybridized carbons (Fsp3) is 0.417. The van der Waals surface area contributed by atoms with Crippen LogP contribution in [0.2, 0.25) is 0 Å². The largest absolute Gasteiger partial charge is 0.454 e. The molecule has 98 valence electrons. The van der Waals surface area contributed by atoms with Gasteiger partial charge in [-0.2, -0.15) is 0 Å². The molecule has 0 aromatic heterocycles. The van der Waals surface area contributed by atoms with Gasteiger partial charge in [0.1, 0.15) is 0 Å². The smallest absolute Gasteiger partial charge is 0.253 e. The van der Waals surface area contributed by atoms with Crippen molar-refractivity contribution >= 4 is 11.6 Å². The Kier molecular flexibility index (Phi) is 3.57. The molecule has 1 aliphatic heterocycles. The average molecular weight is 252 g/mol. The molecule has 1 unspecified atom stereocenters. The predicted molar refractivity (Wildman–Crippen MR) is 65.6 cm³/mol. The Morgan fingerprint density at radius 3 is 2.83 bits per heavy atom. The summed E-state index contributed by atoms with van der Waals surface area (Å²) in [5.41, 5.74) is 6.42. The molecule has 1 aromatic carbocycles. The summed E-state index contributed by atoms with van der Waals surface area (Å²) in [7, 11) is 0. The molecule has 0 saturated heterocycles. The minimum absolute atomic E-state index is 0.133. The SMILES string of the molecule is CCC(O)CNC(=O)c1cc2c(cc1N)OCO2. The molecular weight excluding hydrogens is 236 g/mol. The monoisotopic (exact) mass is 252 g/mol. The van der Waals surface area contributed by atoms with Crippen molar-refractivity contribution in [2.75, 3.05) is 19.1 Å². The molecule has 1 aliphatic rings. The van der Waals surface area contributed by atoms with Gasteiger partial charge in [0.05, 0.1) is 11.7 Å². The Morgan fingerprint density at radius 2 is 2.17 bits per heavy atom. The van der Waals surface area contributed by atoms with Crippen LogP contribution >= 0.6 is 0 Å². The van der Waals surface area contributed by atoms with Crippen molar-refractivity contribution in [1.82, 2.24) is 5.32 Å². The maximum absolute atomic E-state index is 11.9. The van der Waals surface area contributed by atoms with E-state index < -0.39 is 6.10 Å². The second-order valence-corrected chi connectivity index (χ2v) is 4.06. The highest BCUT2D eigenvalue weighted by atomic mass is 16.7. The first-order valence-electron chi connectivity index (χ1n) is 5.77. The van der Waals surface area contributed by atoms with E-state index in [1.807, 2.05) is 6.92 Å². The van der Waals surface area contributed by atoms with Crippen molar-refractivity contribution in [3.8, 4) is 11.5 Å². The van der Waals surface area contributed by atoms with Gasteiger partial charge in [-0.3, -0.25) is 4.79 Å². The van der Waals surface area contributed by atoms with Crippen LogP contribution in [0.15, 0.2) is 12.1 Å². The van der Waals surface area contributed by atoms with Crippen LogP contribution in [0.4, 0.5) is 5.69 Å². The zero-order valence-corrected chi connectivity index (χ0v) is 10.1. The molecule has 0 fully saturated rings. The van der Waals surface area contributed by atoms with E-state index in [2.05, 4.69) is 5.32 Å². The van der Waals surface area contributed by atoms with E-state index in [9.17, 15) is 9.90 Å². The number of carbonyl (C=O) groups excluding carboxylic acids is 1. The number of rotatable bonds is 4. The average Bonchev–Trinajstić information content (AvgIpc) is 2.81. The molecule has 1 atom stereocenters. The number of nitrogen functional groups attached to an aromatic ring is 1. The van der Waals surface area contributed by atoms with E-state index in [0.717, 1.165) is 0 Å². The second kappa shape index (κ2) is 5.14. The Bertz CT molecular complexity index is 462. The van der Waals surface area contributed by atoms with Crippen molar-refractivity contribution in [1.29, 1.82) is 0 Å². The molecule has 0 bridgehead atoms. The van der Waals surface area contributed by atoms with Crippen LogP contribution in [0, 0.1) is 0 Å². The van der Waals surface area contributed by atoms with Gasteiger partial charge in [0.25, 0.3) is 5.91 Å². The summed E-state index contributed by atoms with van der Waals surface area (Å²) in [6, 6.07) is 3.11. The van der Waals surface area contributed by atoms with Gasteiger partial charge in [-0.15, -0.1) is 0 Å². The Balaban J connectivity index is 2.11. The van der Waals surface area contributed by atoms with E-state index in [1.165, 1.54) is 0 Å². The predicted octanol–water partition coefficient (Wildman–Crippen LogP) is 0.498. The summed E-state index contributed by atoms with van der Waals surface area (Å²) in [6.07, 6.45) is 0.0286. The summed E-state index contributed by atoms with van der Waals surface area (Å²) >= 11 is 0. The van der Waals surface area contributed by atoms with Gasteiger partial charge >= 0.3 is 0 Å². The molecule has 1 heterocycles. The molecule has 6 nitrogen and oxygen atoms in total. The number of aliphatic hydroxyl groups excluding tert-OH is 1. The summed E-state index contributed by atoms with van der Waals surface area (Å²) in [5.74, 6) is 0.710. The van der Waals surface area contributed by atoms with Crippen LogP contribution in [0.3, 0.4) is 0 Å². The number of nitrogens with one attached hydrogen (secondary N) is 1. The minimum atomic E-state index is -0.552. The first-order chi connectivity index (χ1) is 8.61. The van der Waals surface area contributed by atoms with E-state index in [0.29, 0.717) is 29.2 Å². The minimum Gasteiger partial charge on any atom is -0.454 e. The normalized spacial score (nSPS) is 14.3. The number of carbonyl (C=O) groups is 1. The van der Waals surface area contributed by atoms with Crippen molar-refractivity contribution in [3.05, 3.63) is 17.7 Å². The molecule has 1 amide bonds.